The molecule has 146 valence electrons. The van der Waals surface area contributed by atoms with Gasteiger partial charge in [0, 0.05) is 27.4 Å². The van der Waals surface area contributed by atoms with Crippen molar-refractivity contribution >= 4 is 47.3 Å². The SMILES string of the molecule is FC(F)(F)c1cc(S)ccc1Cl.Nc1ccc(Cl)cc1C(=O)c1ccccn1. The van der Waals surface area contributed by atoms with Crippen LogP contribution in [0.4, 0.5) is 18.9 Å². The third-order valence-electron chi connectivity index (χ3n) is 3.41. The van der Waals surface area contributed by atoms with Gasteiger partial charge in [-0.1, -0.05) is 29.3 Å². The number of aromatic nitrogens is 1. The fourth-order valence-electron chi connectivity index (χ4n) is 2.09. The summed E-state index contributed by atoms with van der Waals surface area (Å²) < 4.78 is 36.3. The molecule has 3 nitrogen and oxygen atoms in total. The van der Waals surface area contributed by atoms with Crippen LogP contribution < -0.4 is 5.73 Å². The number of rotatable bonds is 2. The van der Waals surface area contributed by atoms with Crippen LogP contribution >= 0.6 is 35.8 Å². The van der Waals surface area contributed by atoms with Gasteiger partial charge in [0.15, 0.2) is 0 Å². The highest BCUT2D eigenvalue weighted by atomic mass is 35.5. The standard InChI is InChI=1S/C12H9ClN2O.C7H4ClF3S/c13-8-4-5-10(14)9(7-8)12(16)11-3-1-2-6-15-11;8-6-2-1-4(12)3-5(6)7(9,10)11/h1-7H,14H2;1-3,12H. The van der Waals surface area contributed by atoms with Crippen LogP contribution in [0.15, 0.2) is 65.7 Å². The first-order valence-electron chi connectivity index (χ1n) is 7.66. The van der Waals surface area contributed by atoms with Crippen molar-refractivity contribution in [2.75, 3.05) is 5.73 Å². The Morgan fingerprint density at radius 1 is 1.04 bits per heavy atom. The molecular formula is C19H13Cl2F3N2OS. The number of nitrogens with two attached hydrogens (primary N) is 1. The highest BCUT2D eigenvalue weighted by molar-refractivity contribution is 7.80. The molecule has 2 N–H and O–H groups in total. The Bertz CT molecular complexity index is 983. The Morgan fingerprint density at radius 2 is 1.75 bits per heavy atom. The number of pyridine rings is 1. The van der Waals surface area contributed by atoms with Crippen LogP contribution in [0.3, 0.4) is 0 Å². The molecule has 3 rings (SSSR count). The molecule has 2 aromatic carbocycles. The number of benzene rings is 2. The predicted molar refractivity (Wildman–Crippen MR) is 107 cm³/mol. The third-order valence-corrected chi connectivity index (χ3v) is 4.26. The lowest BCUT2D eigenvalue weighted by Crippen LogP contribution is -2.06. The molecule has 0 amide bonds. The molecule has 0 bridgehead atoms. The van der Waals surface area contributed by atoms with Gasteiger partial charge in [0.1, 0.15) is 5.69 Å². The first-order chi connectivity index (χ1) is 13.1. The highest BCUT2D eigenvalue weighted by Gasteiger charge is 2.33. The summed E-state index contributed by atoms with van der Waals surface area (Å²) >= 11 is 14.9. The van der Waals surface area contributed by atoms with Crippen molar-refractivity contribution in [1.29, 1.82) is 0 Å². The summed E-state index contributed by atoms with van der Waals surface area (Å²) in [6.45, 7) is 0. The number of carbonyl (C=O) groups excluding carboxylic acids is 1. The van der Waals surface area contributed by atoms with Gasteiger partial charge in [-0.3, -0.25) is 9.78 Å². The van der Waals surface area contributed by atoms with E-state index in [1.54, 1.807) is 42.6 Å². The van der Waals surface area contributed by atoms with E-state index in [2.05, 4.69) is 17.6 Å². The number of nitrogens with zero attached hydrogens (tertiary/aromatic N) is 1. The van der Waals surface area contributed by atoms with E-state index in [-0.39, 0.29) is 15.7 Å². The molecule has 0 unspecified atom stereocenters. The number of thiol groups is 1. The van der Waals surface area contributed by atoms with Gasteiger partial charge in [-0.05, 0) is 48.5 Å². The summed E-state index contributed by atoms with van der Waals surface area (Å²) in [7, 11) is 0. The third kappa shape index (κ3) is 5.89. The number of nitrogen functional groups attached to an aromatic ring is 1. The fraction of sp³-hybridized carbons (Fsp3) is 0.0526. The van der Waals surface area contributed by atoms with Crippen molar-refractivity contribution in [3.8, 4) is 0 Å². The maximum absolute atomic E-state index is 12.1. The molecule has 3 aromatic rings. The Hall–Kier alpha value is -2.22. The van der Waals surface area contributed by atoms with E-state index in [9.17, 15) is 18.0 Å². The van der Waals surface area contributed by atoms with Gasteiger partial charge in [-0.2, -0.15) is 13.2 Å². The van der Waals surface area contributed by atoms with Crippen molar-refractivity contribution in [3.63, 3.8) is 0 Å². The molecule has 0 aliphatic rings. The van der Waals surface area contributed by atoms with Crippen molar-refractivity contribution < 1.29 is 18.0 Å². The van der Waals surface area contributed by atoms with E-state index < -0.39 is 11.7 Å². The van der Waals surface area contributed by atoms with Crippen molar-refractivity contribution in [2.24, 2.45) is 0 Å². The van der Waals surface area contributed by atoms with E-state index in [0.717, 1.165) is 6.07 Å². The summed E-state index contributed by atoms with van der Waals surface area (Å²) in [4.78, 5) is 16.2. The monoisotopic (exact) mass is 444 g/mol. The van der Waals surface area contributed by atoms with Gasteiger partial charge >= 0.3 is 6.18 Å². The molecule has 0 aliphatic heterocycles. The summed E-state index contributed by atoms with van der Waals surface area (Å²) in [6, 6.07) is 13.4. The minimum Gasteiger partial charge on any atom is -0.398 e. The molecule has 1 heterocycles. The molecule has 0 spiro atoms. The number of ketones is 1. The van der Waals surface area contributed by atoms with Gasteiger partial charge in [-0.15, -0.1) is 12.6 Å². The van der Waals surface area contributed by atoms with Crippen LogP contribution in [0, 0.1) is 0 Å². The zero-order chi connectivity index (χ0) is 20.9. The van der Waals surface area contributed by atoms with Gasteiger partial charge < -0.3 is 5.73 Å². The first kappa shape index (κ1) is 22.1. The van der Waals surface area contributed by atoms with Crippen LogP contribution in [0.25, 0.3) is 0 Å². The molecule has 0 radical (unpaired) electrons. The van der Waals surface area contributed by atoms with Gasteiger partial charge in [0.25, 0.3) is 0 Å². The zero-order valence-corrected chi connectivity index (χ0v) is 16.4. The summed E-state index contributed by atoms with van der Waals surface area (Å²) in [5.74, 6) is -0.222. The quantitative estimate of drug-likeness (QED) is 0.281. The lowest BCUT2D eigenvalue weighted by molar-refractivity contribution is -0.137. The van der Waals surface area contributed by atoms with Gasteiger partial charge in [0.2, 0.25) is 5.78 Å². The zero-order valence-electron chi connectivity index (χ0n) is 14.0. The molecule has 1 aromatic heterocycles. The van der Waals surface area contributed by atoms with Crippen molar-refractivity contribution in [1.82, 2.24) is 4.98 Å². The van der Waals surface area contributed by atoms with Crippen LogP contribution in [0.2, 0.25) is 10.0 Å². The van der Waals surface area contributed by atoms with Crippen LogP contribution in [0.1, 0.15) is 21.6 Å². The number of halogens is 5. The average Bonchev–Trinajstić information content (AvgIpc) is 2.65. The molecule has 9 heteroatoms. The van der Waals surface area contributed by atoms with E-state index in [4.69, 9.17) is 28.9 Å². The summed E-state index contributed by atoms with van der Waals surface area (Å²) in [5, 5.41) is 0.175. The van der Waals surface area contributed by atoms with E-state index in [0.29, 0.717) is 22.0 Å². The Labute approximate surface area is 174 Å². The minimum atomic E-state index is -4.41. The topological polar surface area (TPSA) is 56.0 Å². The second-order valence-corrected chi connectivity index (χ2v) is 6.80. The second kappa shape index (κ2) is 9.32. The molecule has 28 heavy (non-hydrogen) atoms. The molecular weight excluding hydrogens is 432 g/mol. The lowest BCUT2D eigenvalue weighted by atomic mass is 10.1. The number of alkyl halides is 3. The van der Waals surface area contributed by atoms with Crippen molar-refractivity contribution in [3.05, 3.63) is 87.7 Å². The molecule has 0 aliphatic carbocycles. The number of carbonyl (C=O) groups is 1. The van der Waals surface area contributed by atoms with Gasteiger partial charge in [0.05, 0.1) is 10.6 Å². The number of hydrogen-bond acceptors (Lipinski definition) is 4. The summed E-state index contributed by atoms with van der Waals surface area (Å²) in [5.41, 5.74) is 6.01. The number of hydrogen-bond donors (Lipinski definition) is 2. The second-order valence-electron chi connectivity index (χ2n) is 5.44. The van der Waals surface area contributed by atoms with E-state index >= 15 is 0 Å². The van der Waals surface area contributed by atoms with Crippen LogP contribution in [-0.2, 0) is 6.18 Å². The normalized spacial score (nSPS) is 10.8. The molecule has 0 saturated carbocycles. The van der Waals surface area contributed by atoms with E-state index in [1.807, 2.05) is 0 Å². The highest BCUT2D eigenvalue weighted by Crippen LogP contribution is 2.35. The van der Waals surface area contributed by atoms with E-state index in [1.165, 1.54) is 12.1 Å². The largest absolute Gasteiger partial charge is 0.417 e. The molecule has 0 atom stereocenters. The molecule has 0 saturated heterocycles. The lowest BCUT2D eigenvalue weighted by Gasteiger charge is -2.08. The minimum absolute atomic E-state index is 0.222. The molecule has 0 fully saturated rings. The maximum atomic E-state index is 12.1. The number of anilines is 1. The van der Waals surface area contributed by atoms with Gasteiger partial charge in [-0.25, -0.2) is 0 Å². The smallest absolute Gasteiger partial charge is 0.398 e. The summed E-state index contributed by atoms with van der Waals surface area (Å²) in [6.07, 6.45) is -2.84. The van der Waals surface area contributed by atoms with Crippen LogP contribution in [0.5, 0.6) is 0 Å². The fourth-order valence-corrected chi connectivity index (χ4v) is 2.69. The Balaban J connectivity index is 0.000000209. The average molecular weight is 445 g/mol. The van der Waals surface area contributed by atoms with Crippen molar-refractivity contribution in [2.45, 2.75) is 11.1 Å². The maximum Gasteiger partial charge on any atom is 0.417 e. The van der Waals surface area contributed by atoms with Crippen LogP contribution in [-0.4, -0.2) is 10.8 Å². The Morgan fingerprint density at radius 3 is 2.32 bits per heavy atom. The first-order valence-corrected chi connectivity index (χ1v) is 8.86. The predicted octanol–water partition coefficient (Wildman–Crippen LogP) is 6.20. The Kier molecular flexibility index (Phi) is 7.35.